The average Bonchev–Trinajstić information content (AvgIpc) is 3.16. The van der Waals surface area contributed by atoms with E-state index in [0.29, 0.717) is 24.3 Å². The van der Waals surface area contributed by atoms with Crippen LogP contribution in [0.1, 0.15) is 32.1 Å². The molecule has 158 valence electrons. The molecule has 8 nitrogen and oxygen atoms in total. The van der Waals surface area contributed by atoms with Crippen LogP contribution in [-0.4, -0.2) is 80.2 Å². The van der Waals surface area contributed by atoms with E-state index in [-0.39, 0.29) is 12.3 Å². The molecule has 1 amide bonds. The van der Waals surface area contributed by atoms with Gasteiger partial charge < -0.3 is 25.6 Å². The topological polar surface area (TPSA) is 81.2 Å². The third-order valence-corrected chi connectivity index (χ3v) is 7.15. The van der Waals surface area contributed by atoms with Gasteiger partial charge in [0.05, 0.1) is 12.4 Å². The lowest BCUT2D eigenvalue weighted by Crippen LogP contribution is -2.49. The number of carbonyl (C=O) groups excluding carboxylic acids is 1. The predicted molar refractivity (Wildman–Crippen MR) is 111 cm³/mol. The summed E-state index contributed by atoms with van der Waals surface area (Å²) in [5.74, 6) is 1.81. The summed E-state index contributed by atoms with van der Waals surface area (Å²) in [6.45, 7) is 4.39. The van der Waals surface area contributed by atoms with Crippen molar-refractivity contribution in [2.24, 2.45) is 10.9 Å². The molecule has 4 bridgehead atoms. The largest absolute Gasteiger partial charge is 0.381 e. The Morgan fingerprint density at radius 3 is 2.86 bits per heavy atom. The highest BCUT2D eigenvalue weighted by Gasteiger charge is 2.35. The summed E-state index contributed by atoms with van der Waals surface area (Å²) in [6.07, 6.45) is 8.85. The zero-order chi connectivity index (χ0) is 19.8. The first-order valence-corrected chi connectivity index (χ1v) is 11.0. The Hall–Kier alpha value is -2.06. The smallest absolute Gasteiger partial charge is 0.222 e. The molecule has 2 fully saturated rings. The zero-order valence-corrected chi connectivity index (χ0v) is 17.2. The molecule has 6 rings (SSSR count). The fourth-order valence-corrected chi connectivity index (χ4v) is 5.48. The molecule has 4 unspecified atom stereocenters. The third-order valence-electron chi connectivity index (χ3n) is 7.15. The van der Waals surface area contributed by atoms with Gasteiger partial charge in [-0.15, -0.1) is 0 Å². The Kier molecular flexibility index (Phi) is 5.22. The van der Waals surface area contributed by atoms with Crippen LogP contribution in [-0.2, 0) is 9.53 Å². The Labute approximate surface area is 172 Å². The van der Waals surface area contributed by atoms with Crippen LogP contribution in [0.2, 0.25) is 0 Å². The van der Waals surface area contributed by atoms with Gasteiger partial charge in [-0.25, -0.2) is 4.99 Å². The number of hydrogen-bond donors (Lipinski definition) is 3. The Morgan fingerprint density at radius 1 is 1.17 bits per heavy atom. The van der Waals surface area contributed by atoms with Crippen molar-refractivity contribution in [3.63, 3.8) is 0 Å². The first-order chi connectivity index (χ1) is 14.2. The molecule has 0 aromatic rings. The molecule has 4 atom stereocenters. The lowest BCUT2D eigenvalue weighted by molar-refractivity contribution is -0.133. The molecule has 8 heteroatoms. The molecule has 3 N–H and O–H groups in total. The van der Waals surface area contributed by atoms with E-state index < -0.39 is 0 Å². The van der Waals surface area contributed by atoms with Crippen LogP contribution < -0.4 is 16.0 Å². The number of methoxy groups -OCH3 is 1. The first kappa shape index (κ1) is 18.9. The molecule has 0 radical (unpaired) electrons. The van der Waals surface area contributed by atoms with Gasteiger partial charge >= 0.3 is 0 Å². The van der Waals surface area contributed by atoms with Gasteiger partial charge in [0.2, 0.25) is 5.91 Å². The fourth-order valence-electron chi connectivity index (χ4n) is 5.48. The number of aliphatic imine (C=N–C) groups is 1. The standard InChI is InChI=1S/C21H32N6O2/c1-29-17-4-3-16-10-14(17)2-5-18(28)27-8-6-26(7-9-27)12-15-11-22-20-19(15)21(25-16)24-13-23-20/h11,13-14,16-17,20,22,25H,2-10,12H2,1H3,(H,23,24). The maximum atomic E-state index is 12.8. The fraction of sp³-hybridized carbons (Fsp3) is 0.714. The second kappa shape index (κ2) is 7.99. The molecule has 5 heterocycles. The van der Waals surface area contributed by atoms with Crippen LogP contribution in [0.3, 0.4) is 0 Å². The van der Waals surface area contributed by atoms with Crippen molar-refractivity contribution in [3.8, 4) is 0 Å². The van der Waals surface area contributed by atoms with Crippen molar-refractivity contribution >= 4 is 12.2 Å². The van der Waals surface area contributed by atoms with Crippen molar-refractivity contribution in [1.82, 2.24) is 25.8 Å². The predicted octanol–water partition coefficient (Wildman–Crippen LogP) is 0.354. The van der Waals surface area contributed by atoms with Gasteiger partial charge in [0.25, 0.3) is 0 Å². The number of ether oxygens (including phenoxy) is 1. The summed E-state index contributed by atoms with van der Waals surface area (Å²) < 4.78 is 5.79. The van der Waals surface area contributed by atoms with Crippen molar-refractivity contribution in [2.45, 2.75) is 50.4 Å². The van der Waals surface area contributed by atoms with Gasteiger partial charge in [0.15, 0.2) is 0 Å². The Morgan fingerprint density at radius 2 is 2.03 bits per heavy atom. The molecule has 0 spiro atoms. The monoisotopic (exact) mass is 400 g/mol. The highest BCUT2D eigenvalue weighted by Crippen LogP contribution is 2.33. The molecule has 1 aliphatic carbocycles. The number of fused-ring (bicyclic) bond motifs is 4. The molecule has 29 heavy (non-hydrogen) atoms. The summed E-state index contributed by atoms with van der Waals surface area (Å²) in [6, 6.07) is 0.382. The van der Waals surface area contributed by atoms with E-state index >= 15 is 0 Å². The van der Waals surface area contributed by atoms with E-state index in [0.717, 1.165) is 64.2 Å². The Balaban J connectivity index is 1.43. The minimum absolute atomic E-state index is 0.00147. The van der Waals surface area contributed by atoms with E-state index in [9.17, 15) is 4.79 Å². The minimum atomic E-state index is -0.00147. The van der Waals surface area contributed by atoms with Gasteiger partial charge in [-0.2, -0.15) is 0 Å². The molecule has 1 saturated carbocycles. The van der Waals surface area contributed by atoms with Crippen molar-refractivity contribution < 1.29 is 9.53 Å². The van der Waals surface area contributed by atoms with Crippen LogP contribution in [0.15, 0.2) is 28.2 Å². The molecule has 5 aliphatic heterocycles. The highest BCUT2D eigenvalue weighted by molar-refractivity contribution is 5.76. The zero-order valence-electron chi connectivity index (χ0n) is 17.2. The summed E-state index contributed by atoms with van der Waals surface area (Å²) in [7, 11) is 1.81. The number of nitrogens with zero attached hydrogens (tertiary/aromatic N) is 3. The van der Waals surface area contributed by atoms with E-state index in [1.54, 1.807) is 6.34 Å². The number of hydrogen-bond acceptors (Lipinski definition) is 7. The van der Waals surface area contributed by atoms with E-state index in [1.807, 2.05) is 7.11 Å². The normalized spacial score (nSPS) is 37.0. The number of carbonyl (C=O) groups is 1. The van der Waals surface area contributed by atoms with Crippen LogP contribution >= 0.6 is 0 Å². The molecule has 1 saturated heterocycles. The lowest BCUT2D eigenvalue weighted by Gasteiger charge is -2.37. The summed E-state index contributed by atoms with van der Waals surface area (Å²) in [4.78, 5) is 21.9. The minimum Gasteiger partial charge on any atom is -0.381 e. The van der Waals surface area contributed by atoms with Crippen LogP contribution in [0.5, 0.6) is 0 Å². The van der Waals surface area contributed by atoms with Crippen molar-refractivity contribution in [2.75, 3.05) is 39.8 Å². The van der Waals surface area contributed by atoms with Gasteiger partial charge in [0, 0.05) is 64.1 Å². The van der Waals surface area contributed by atoms with Crippen LogP contribution in [0, 0.1) is 5.92 Å². The second-order valence-electron chi connectivity index (χ2n) is 8.83. The van der Waals surface area contributed by atoms with Gasteiger partial charge in [-0.05, 0) is 37.2 Å². The molecular formula is C21H32N6O2. The van der Waals surface area contributed by atoms with E-state index in [4.69, 9.17) is 4.74 Å². The molecular weight excluding hydrogens is 368 g/mol. The summed E-state index contributed by atoms with van der Waals surface area (Å²) in [5.41, 5.74) is 2.53. The van der Waals surface area contributed by atoms with Gasteiger partial charge in [-0.3, -0.25) is 9.69 Å². The number of amides is 1. The molecule has 0 aromatic heterocycles. The number of nitrogens with one attached hydrogen (secondary N) is 3. The second-order valence-corrected chi connectivity index (χ2v) is 8.83. The number of piperazine rings is 1. The van der Waals surface area contributed by atoms with Crippen LogP contribution in [0.25, 0.3) is 0 Å². The van der Waals surface area contributed by atoms with Crippen molar-refractivity contribution in [3.05, 3.63) is 23.2 Å². The lowest BCUT2D eigenvalue weighted by atomic mass is 9.80. The Bertz CT molecular complexity index is 739. The average molecular weight is 401 g/mol. The molecule has 6 aliphatic rings. The van der Waals surface area contributed by atoms with Gasteiger partial charge in [0.1, 0.15) is 12.0 Å². The first-order valence-electron chi connectivity index (χ1n) is 11.0. The summed E-state index contributed by atoms with van der Waals surface area (Å²) in [5, 5.41) is 10.6. The van der Waals surface area contributed by atoms with Gasteiger partial charge in [-0.1, -0.05) is 0 Å². The SMILES string of the molecule is COC1CCC2CC1CCC(=O)N1CCN(CC1)CC1=CNC3N=CNC(=C13)N2. The maximum Gasteiger partial charge on any atom is 0.222 e. The van der Waals surface area contributed by atoms with E-state index in [2.05, 4.69) is 36.9 Å². The maximum absolute atomic E-state index is 12.8. The summed E-state index contributed by atoms with van der Waals surface area (Å²) >= 11 is 0. The number of rotatable bonds is 1. The highest BCUT2D eigenvalue weighted by atomic mass is 16.5. The quantitative estimate of drug-likeness (QED) is 0.590. The molecule has 0 aromatic carbocycles. The van der Waals surface area contributed by atoms with Crippen LogP contribution in [0.4, 0.5) is 0 Å². The van der Waals surface area contributed by atoms with E-state index in [1.165, 1.54) is 11.1 Å². The van der Waals surface area contributed by atoms with Crippen molar-refractivity contribution in [1.29, 1.82) is 0 Å². The third kappa shape index (κ3) is 3.75.